The second-order valence-corrected chi connectivity index (χ2v) is 4.71. The number of hydrogen-bond acceptors (Lipinski definition) is 3. The van der Waals surface area contributed by atoms with Gasteiger partial charge in [0.2, 0.25) is 5.95 Å². The predicted octanol–water partition coefficient (Wildman–Crippen LogP) is 2.25. The maximum absolute atomic E-state index is 4.46. The molecular formula is C12H16N4. The average Bonchev–Trinajstić information content (AvgIpc) is 3.00. The van der Waals surface area contributed by atoms with Crippen molar-refractivity contribution in [2.75, 3.05) is 5.32 Å². The number of fused-ring (bicyclic) bond motifs is 1. The Morgan fingerprint density at radius 1 is 1.50 bits per heavy atom. The van der Waals surface area contributed by atoms with Gasteiger partial charge in [0.05, 0.1) is 0 Å². The Morgan fingerprint density at radius 3 is 3.06 bits per heavy atom. The Bertz CT molecular complexity index is 513. The van der Waals surface area contributed by atoms with E-state index in [0.29, 0.717) is 6.04 Å². The first kappa shape index (κ1) is 9.63. The molecule has 2 aromatic heterocycles. The van der Waals surface area contributed by atoms with E-state index in [1.165, 1.54) is 18.4 Å². The smallest absolute Gasteiger partial charge is 0.243 e. The summed E-state index contributed by atoms with van der Waals surface area (Å²) in [6, 6.07) is 4.56. The van der Waals surface area contributed by atoms with Crippen molar-refractivity contribution in [2.24, 2.45) is 5.92 Å². The Labute approximate surface area is 94.7 Å². The van der Waals surface area contributed by atoms with Gasteiger partial charge < -0.3 is 5.32 Å². The molecule has 0 amide bonds. The lowest BCUT2D eigenvalue weighted by molar-refractivity contribution is 0.686. The van der Waals surface area contributed by atoms with E-state index in [9.17, 15) is 0 Å². The third-order valence-corrected chi connectivity index (χ3v) is 3.18. The lowest BCUT2D eigenvalue weighted by Crippen LogP contribution is -2.18. The molecule has 4 nitrogen and oxygen atoms in total. The van der Waals surface area contributed by atoms with Gasteiger partial charge >= 0.3 is 0 Å². The maximum Gasteiger partial charge on any atom is 0.243 e. The first-order chi connectivity index (χ1) is 7.72. The first-order valence-electron chi connectivity index (χ1n) is 5.82. The minimum Gasteiger partial charge on any atom is -0.350 e. The SMILES string of the molecule is Cc1ccn2nc(NC(C)C3CC3)nc2c1. The summed E-state index contributed by atoms with van der Waals surface area (Å²) in [4.78, 5) is 4.46. The minimum atomic E-state index is 0.485. The van der Waals surface area contributed by atoms with Crippen molar-refractivity contribution in [3.8, 4) is 0 Å². The zero-order valence-corrected chi connectivity index (χ0v) is 9.64. The molecule has 0 radical (unpaired) electrons. The zero-order chi connectivity index (χ0) is 11.1. The van der Waals surface area contributed by atoms with Crippen LogP contribution in [0.1, 0.15) is 25.3 Å². The van der Waals surface area contributed by atoms with Crippen LogP contribution in [0.5, 0.6) is 0 Å². The van der Waals surface area contributed by atoms with Crippen LogP contribution in [0.4, 0.5) is 5.95 Å². The Hall–Kier alpha value is -1.58. The van der Waals surface area contributed by atoms with Gasteiger partial charge in [-0.15, -0.1) is 5.10 Å². The van der Waals surface area contributed by atoms with Crippen LogP contribution in [0.3, 0.4) is 0 Å². The van der Waals surface area contributed by atoms with Crippen molar-refractivity contribution in [3.05, 3.63) is 23.9 Å². The maximum atomic E-state index is 4.46. The number of hydrogen-bond donors (Lipinski definition) is 1. The molecule has 0 saturated heterocycles. The fourth-order valence-corrected chi connectivity index (χ4v) is 1.96. The largest absolute Gasteiger partial charge is 0.350 e. The van der Waals surface area contributed by atoms with E-state index >= 15 is 0 Å². The van der Waals surface area contributed by atoms with Crippen molar-refractivity contribution in [2.45, 2.75) is 32.7 Å². The summed E-state index contributed by atoms with van der Waals surface area (Å²) in [5.41, 5.74) is 2.12. The number of anilines is 1. The highest BCUT2D eigenvalue weighted by Crippen LogP contribution is 2.33. The summed E-state index contributed by atoms with van der Waals surface area (Å²) in [6.07, 6.45) is 4.62. The third kappa shape index (κ3) is 1.75. The van der Waals surface area contributed by atoms with E-state index in [1.807, 2.05) is 22.8 Å². The highest BCUT2D eigenvalue weighted by Gasteiger charge is 2.28. The van der Waals surface area contributed by atoms with Crippen LogP contribution < -0.4 is 5.32 Å². The van der Waals surface area contributed by atoms with E-state index in [2.05, 4.69) is 29.2 Å². The van der Waals surface area contributed by atoms with Crippen LogP contribution in [-0.4, -0.2) is 20.6 Å². The summed E-state index contributed by atoms with van der Waals surface area (Å²) in [7, 11) is 0. The van der Waals surface area contributed by atoms with Gasteiger partial charge in [-0.1, -0.05) is 0 Å². The molecule has 1 N–H and O–H groups in total. The topological polar surface area (TPSA) is 42.2 Å². The van der Waals surface area contributed by atoms with Crippen molar-refractivity contribution >= 4 is 11.6 Å². The van der Waals surface area contributed by atoms with E-state index in [4.69, 9.17) is 0 Å². The average molecular weight is 216 g/mol. The van der Waals surface area contributed by atoms with Gasteiger partial charge in [0.25, 0.3) is 0 Å². The number of nitrogens with zero attached hydrogens (tertiary/aromatic N) is 3. The molecule has 2 aromatic rings. The monoisotopic (exact) mass is 216 g/mol. The second kappa shape index (κ2) is 3.47. The molecule has 1 aliphatic rings. The highest BCUT2D eigenvalue weighted by atomic mass is 15.3. The Balaban J connectivity index is 1.86. The molecule has 0 aliphatic heterocycles. The highest BCUT2D eigenvalue weighted by molar-refractivity contribution is 5.45. The fourth-order valence-electron chi connectivity index (χ4n) is 1.96. The van der Waals surface area contributed by atoms with E-state index < -0.39 is 0 Å². The van der Waals surface area contributed by atoms with Crippen LogP contribution in [0, 0.1) is 12.8 Å². The Kier molecular flexibility index (Phi) is 2.09. The van der Waals surface area contributed by atoms with Crippen molar-refractivity contribution in [1.82, 2.24) is 14.6 Å². The van der Waals surface area contributed by atoms with Crippen LogP contribution >= 0.6 is 0 Å². The summed E-state index contributed by atoms with van der Waals surface area (Å²) < 4.78 is 1.81. The third-order valence-electron chi connectivity index (χ3n) is 3.18. The molecule has 1 aliphatic carbocycles. The van der Waals surface area contributed by atoms with Crippen molar-refractivity contribution < 1.29 is 0 Å². The number of aryl methyl sites for hydroxylation is 1. The number of pyridine rings is 1. The van der Waals surface area contributed by atoms with Crippen LogP contribution in [0.2, 0.25) is 0 Å². The number of aromatic nitrogens is 3. The molecule has 0 spiro atoms. The predicted molar refractivity (Wildman–Crippen MR) is 63.5 cm³/mol. The van der Waals surface area contributed by atoms with Gasteiger partial charge in [-0.3, -0.25) is 0 Å². The quantitative estimate of drug-likeness (QED) is 0.855. The molecule has 84 valence electrons. The van der Waals surface area contributed by atoms with Gasteiger partial charge in [0, 0.05) is 12.2 Å². The molecule has 1 atom stereocenters. The van der Waals surface area contributed by atoms with Gasteiger partial charge in [0.15, 0.2) is 5.65 Å². The molecule has 1 saturated carbocycles. The van der Waals surface area contributed by atoms with Gasteiger partial charge in [0.1, 0.15) is 0 Å². The van der Waals surface area contributed by atoms with E-state index in [0.717, 1.165) is 17.5 Å². The Morgan fingerprint density at radius 2 is 2.31 bits per heavy atom. The van der Waals surface area contributed by atoms with Crippen LogP contribution in [0.25, 0.3) is 5.65 Å². The summed E-state index contributed by atoms with van der Waals surface area (Å²) >= 11 is 0. The lowest BCUT2D eigenvalue weighted by Gasteiger charge is -2.09. The molecule has 2 heterocycles. The standard InChI is InChI=1S/C12H16N4/c1-8-5-6-16-11(7-8)14-12(15-16)13-9(2)10-3-4-10/h5-7,9-10H,3-4H2,1-2H3,(H,13,15). The van der Waals surface area contributed by atoms with E-state index in [1.54, 1.807) is 0 Å². The number of nitrogens with one attached hydrogen (secondary N) is 1. The molecule has 0 bridgehead atoms. The van der Waals surface area contributed by atoms with Crippen LogP contribution in [0.15, 0.2) is 18.3 Å². The van der Waals surface area contributed by atoms with Gasteiger partial charge in [-0.2, -0.15) is 4.98 Å². The fraction of sp³-hybridized carbons (Fsp3) is 0.500. The minimum absolute atomic E-state index is 0.485. The molecule has 1 fully saturated rings. The summed E-state index contributed by atoms with van der Waals surface area (Å²) in [5.74, 6) is 1.55. The molecule has 16 heavy (non-hydrogen) atoms. The molecule has 1 unspecified atom stereocenters. The molecular weight excluding hydrogens is 200 g/mol. The molecule has 0 aromatic carbocycles. The van der Waals surface area contributed by atoms with Crippen molar-refractivity contribution in [3.63, 3.8) is 0 Å². The van der Waals surface area contributed by atoms with Gasteiger partial charge in [-0.25, -0.2) is 4.52 Å². The summed E-state index contributed by atoms with van der Waals surface area (Å²) in [6.45, 7) is 4.27. The molecule has 3 rings (SSSR count). The van der Waals surface area contributed by atoms with Crippen molar-refractivity contribution in [1.29, 1.82) is 0 Å². The first-order valence-corrected chi connectivity index (χ1v) is 5.82. The number of rotatable bonds is 3. The normalized spacial score (nSPS) is 17.6. The second-order valence-electron chi connectivity index (χ2n) is 4.71. The summed E-state index contributed by atoms with van der Waals surface area (Å²) in [5, 5.41) is 7.77. The molecule has 4 heteroatoms. The van der Waals surface area contributed by atoms with Crippen LogP contribution in [-0.2, 0) is 0 Å². The zero-order valence-electron chi connectivity index (χ0n) is 9.64. The van der Waals surface area contributed by atoms with Gasteiger partial charge in [-0.05, 0) is 50.3 Å². The van der Waals surface area contributed by atoms with E-state index in [-0.39, 0.29) is 0 Å². The lowest BCUT2D eigenvalue weighted by atomic mass is 10.2.